The summed E-state index contributed by atoms with van der Waals surface area (Å²) in [4.78, 5) is 17.0. The molecule has 5 heteroatoms. The summed E-state index contributed by atoms with van der Waals surface area (Å²) < 4.78 is 0. The monoisotopic (exact) mass is 421 g/mol. The Balaban J connectivity index is 1.68. The van der Waals surface area contributed by atoms with Gasteiger partial charge in [0.15, 0.2) is 11.3 Å². The topological polar surface area (TPSA) is 38.7 Å². The second-order valence-corrected chi connectivity index (χ2v) is 8.84. The van der Waals surface area contributed by atoms with E-state index in [-0.39, 0.29) is 0 Å². The van der Waals surface area contributed by atoms with E-state index >= 15 is 0 Å². The van der Waals surface area contributed by atoms with Crippen LogP contribution in [0.1, 0.15) is 0 Å². The smallest absolute Gasteiger partial charge is 0.162 e. The molecule has 30 heavy (non-hydrogen) atoms. The third kappa shape index (κ3) is 2.91. The number of hydrogen-bond donors (Lipinski definition) is 0. The predicted molar refractivity (Wildman–Crippen MR) is 127 cm³/mol. The fourth-order valence-corrected chi connectivity index (χ4v) is 5.13. The standard InChI is InChI=1S/C25H15N3S2/c1-2-6-16(7-3-1)23-17-10-12-19(21-8-4-14-29-21)26-24(17)28-25-18(23)11-13-20(27-25)22-9-5-15-30-22/h1-15H. The van der Waals surface area contributed by atoms with Crippen LogP contribution >= 0.6 is 22.7 Å². The lowest BCUT2D eigenvalue weighted by Gasteiger charge is -2.12. The Morgan fingerprint density at radius 2 is 1.07 bits per heavy atom. The molecule has 0 aliphatic rings. The first kappa shape index (κ1) is 17.4. The van der Waals surface area contributed by atoms with Gasteiger partial charge < -0.3 is 0 Å². The van der Waals surface area contributed by atoms with Crippen LogP contribution in [0.15, 0.2) is 89.6 Å². The van der Waals surface area contributed by atoms with Gasteiger partial charge in [0.25, 0.3) is 0 Å². The number of aromatic nitrogens is 3. The zero-order valence-electron chi connectivity index (χ0n) is 15.8. The first-order chi connectivity index (χ1) is 14.9. The molecule has 0 saturated carbocycles. The van der Waals surface area contributed by atoms with Gasteiger partial charge in [-0.1, -0.05) is 42.5 Å². The van der Waals surface area contributed by atoms with E-state index in [4.69, 9.17) is 15.0 Å². The maximum atomic E-state index is 4.91. The van der Waals surface area contributed by atoms with E-state index in [1.807, 2.05) is 18.2 Å². The molecule has 0 radical (unpaired) electrons. The maximum Gasteiger partial charge on any atom is 0.162 e. The number of fused-ring (bicyclic) bond motifs is 2. The Kier molecular flexibility index (Phi) is 4.15. The zero-order valence-corrected chi connectivity index (χ0v) is 17.5. The molecule has 0 saturated heterocycles. The lowest BCUT2D eigenvalue weighted by atomic mass is 9.98. The molecule has 0 atom stereocenters. The summed E-state index contributed by atoms with van der Waals surface area (Å²) in [5, 5.41) is 6.22. The van der Waals surface area contributed by atoms with E-state index in [0.717, 1.165) is 54.3 Å². The molecule has 0 aliphatic carbocycles. The van der Waals surface area contributed by atoms with Crippen LogP contribution in [0.2, 0.25) is 0 Å². The predicted octanol–water partition coefficient (Wildman–Crippen LogP) is 7.30. The number of nitrogens with zero attached hydrogens (tertiary/aromatic N) is 3. The molecular weight excluding hydrogens is 406 g/mol. The average molecular weight is 422 g/mol. The van der Waals surface area contributed by atoms with Crippen LogP contribution < -0.4 is 0 Å². The summed E-state index contributed by atoms with van der Waals surface area (Å²) in [5.41, 5.74) is 5.61. The van der Waals surface area contributed by atoms with Crippen molar-refractivity contribution >= 4 is 44.7 Å². The van der Waals surface area contributed by atoms with E-state index in [0.29, 0.717) is 0 Å². The molecule has 0 amide bonds. The second kappa shape index (κ2) is 7.13. The molecule has 0 N–H and O–H groups in total. The highest BCUT2D eigenvalue weighted by Crippen LogP contribution is 2.36. The molecule has 5 heterocycles. The third-order valence-electron chi connectivity index (χ3n) is 5.11. The van der Waals surface area contributed by atoms with E-state index in [2.05, 4.69) is 71.4 Å². The van der Waals surface area contributed by atoms with Gasteiger partial charge >= 0.3 is 0 Å². The summed E-state index contributed by atoms with van der Waals surface area (Å²) in [6.07, 6.45) is 0. The van der Waals surface area contributed by atoms with Crippen molar-refractivity contribution in [1.29, 1.82) is 0 Å². The summed E-state index contributed by atoms with van der Waals surface area (Å²) in [6.45, 7) is 0. The van der Waals surface area contributed by atoms with Gasteiger partial charge in [0.2, 0.25) is 0 Å². The van der Waals surface area contributed by atoms with Gasteiger partial charge in [-0.05, 0) is 52.7 Å². The van der Waals surface area contributed by atoms with Gasteiger partial charge in [0.05, 0.1) is 21.1 Å². The van der Waals surface area contributed by atoms with Gasteiger partial charge in [-0.2, -0.15) is 0 Å². The molecule has 0 bridgehead atoms. The first-order valence-corrected chi connectivity index (χ1v) is 11.4. The zero-order chi connectivity index (χ0) is 19.9. The minimum atomic E-state index is 0.725. The van der Waals surface area contributed by atoms with Crippen molar-refractivity contribution in [2.24, 2.45) is 0 Å². The Hall–Kier alpha value is -3.41. The van der Waals surface area contributed by atoms with Crippen LogP contribution in [0, 0.1) is 0 Å². The summed E-state index contributed by atoms with van der Waals surface area (Å²) in [6, 6.07) is 27.1. The fourth-order valence-electron chi connectivity index (χ4n) is 3.74. The molecule has 0 unspecified atom stereocenters. The van der Waals surface area contributed by atoms with E-state index in [1.165, 1.54) is 0 Å². The lowest BCUT2D eigenvalue weighted by Crippen LogP contribution is -1.95. The summed E-state index contributed by atoms with van der Waals surface area (Å²) >= 11 is 3.37. The lowest BCUT2D eigenvalue weighted by molar-refractivity contribution is 1.28. The highest BCUT2D eigenvalue weighted by atomic mass is 32.1. The SMILES string of the molecule is c1ccc(-c2c3ccc(-c4cccs4)nc3nc3nc(-c4cccs4)ccc23)cc1. The van der Waals surface area contributed by atoms with Crippen LogP contribution in [0.3, 0.4) is 0 Å². The van der Waals surface area contributed by atoms with Crippen molar-refractivity contribution in [2.45, 2.75) is 0 Å². The molecule has 0 spiro atoms. The number of rotatable bonds is 3. The van der Waals surface area contributed by atoms with Crippen LogP contribution in [0.5, 0.6) is 0 Å². The first-order valence-electron chi connectivity index (χ1n) is 9.61. The molecule has 6 rings (SSSR count). The van der Waals surface area contributed by atoms with Crippen molar-refractivity contribution in [3.63, 3.8) is 0 Å². The fraction of sp³-hybridized carbons (Fsp3) is 0. The molecule has 142 valence electrons. The molecular formula is C25H15N3S2. The van der Waals surface area contributed by atoms with Crippen LogP contribution in [0.25, 0.3) is 54.3 Å². The Morgan fingerprint density at radius 3 is 1.57 bits per heavy atom. The van der Waals surface area contributed by atoms with Gasteiger partial charge in [0, 0.05) is 16.3 Å². The molecule has 1 aromatic carbocycles. The number of pyridine rings is 3. The highest BCUT2D eigenvalue weighted by Gasteiger charge is 2.15. The van der Waals surface area contributed by atoms with E-state index in [1.54, 1.807) is 22.7 Å². The van der Waals surface area contributed by atoms with Crippen molar-refractivity contribution in [3.05, 3.63) is 89.6 Å². The quantitative estimate of drug-likeness (QED) is 0.281. The Bertz CT molecular complexity index is 1380. The number of thiophene rings is 2. The summed E-state index contributed by atoms with van der Waals surface area (Å²) in [5.74, 6) is 0. The van der Waals surface area contributed by atoms with Crippen LogP contribution in [-0.2, 0) is 0 Å². The maximum absolute atomic E-state index is 4.91. The van der Waals surface area contributed by atoms with Crippen molar-refractivity contribution in [2.75, 3.05) is 0 Å². The minimum Gasteiger partial charge on any atom is -0.227 e. The van der Waals surface area contributed by atoms with Gasteiger partial charge in [-0.15, -0.1) is 22.7 Å². The van der Waals surface area contributed by atoms with Gasteiger partial charge in [0.1, 0.15) is 0 Å². The number of benzene rings is 1. The second-order valence-electron chi connectivity index (χ2n) is 6.94. The largest absolute Gasteiger partial charge is 0.227 e. The van der Waals surface area contributed by atoms with Crippen molar-refractivity contribution in [1.82, 2.24) is 15.0 Å². The van der Waals surface area contributed by atoms with Crippen LogP contribution in [-0.4, -0.2) is 15.0 Å². The number of hydrogen-bond acceptors (Lipinski definition) is 5. The molecule has 0 fully saturated rings. The minimum absolute atomic E-state index is 0.725. The average Bonchev–Trinajstić information content (AvgIpc) is 3.52. The third-order valence-corrected chi connectivity index (χ3v) is 6.90. The van der Waals surface area contributed by atoms with Crippen LogP contribution in [0.4, 0.5) is 0 Å². The highest BCUT2D eigenvalue weighted by molar-refractivity contribution is 7.13. The normalized spacial score (nSPS) is 11.3. The molecule has 0 aliphatic heterocycles. The van der Waals surface area contributed by atoms with E-state index in [9.17, 15) is 0 Å². The molecule has 3 nitrogen and oxygen atoms in total. The van der Waals surface area contributed by atoms with Crippen molar-refractivity contribution in [3.8, 4) is 32.3 Å². The molecule has 5 aromatic heterocycles. The van der Waals surface area contributed by atoms with E-state index < -0.39 is 0 Å². The Morgan fingerprint density at radius 1 is 0.500 bits per heavy atom. The Labute approximate surface area is 181 Å². The summed E-state index contributed by atoms with van der Waals surface area (Å²) in [7, 11) is 0. The van der Waals surface area contributed by atoms with Gasteiger partial charge in [-0.25, -0.2) is 15.0 Å². The molecule has 6 aromatic rings. The van der Waals surface area contributed by atoms with Gasteiger partial charge in [-0.3, -0.25) is 0 Å². The van der Waals surface area contributed by atoms with Crippen molar-refractivity contribution < 1.29 is 0 Å².